The quantitative estimate of drug-likeness (QED) is 0.0105. The van der Waals surface area contributed by atoms with Crippen LogP contribution < -0.4 is 30.9 Å². The maximum Gasteiger partial charge on any atom is 0.410 e. The van der Waals surface area contributed by atoms with Gasteiger partial charge in [-0.15, -0.1) is 0 Å². The molecule has 8 N–H and O–H groups in total. The molecule has 7 heterocycles. The van der Waals surface area contributed by atoms with Crippen molar-refractivity contribution in [1.29, 1.82) is 0 Å². The van der Waals surface area contributed by atoms with Gasteiger partial charge in [-0.2, -0.15) is 5.10 Å². The molecule has 10 atom stereocenters. The van der Waals surface area contributed by atoms with Crippen LogP contribution in [0, 0.1) is 29.1 Å². The van der Waals surface area contributed by atoms with E-state index in [9.17, 15) is 72.0 Å². The van der Waals surface area contributed by atoms with Crippen LogP contribution in [-0.2, 0) is 101 Å². The summed E-state index contributed by atoms with van der Waals surface area (Å²) in [6.45, 7) is 12.3. The number of nitrogens with zero attached hydrogens (tertiary/aromatic N) is 8. The van der Waals surface area contributed by atoms with Gasteiger partial charge in [0.15, 0.2) is 28.0 Å². The maximum atomic E-state index is 14.5. The zero-order chi connectivity index (χ0) is 85.0. The van der Waals surface area contributed by atoms with E-state index in [0.29, 0.717) is 89.0 Å². The number of fused-ring (bicyclic) bond motifs is 2. The number of benzene rings is 3. The SMILES string of the molecule is COCCN(CCOC12CC3(C)CC(C)(CC(Cn4ncc(-c5ccc(N6CCc7c(OC)ccc(C(=O)Nc8nc9ccccc9s8)c7C6)nc5C(=O)O)c4C)(C3)C1)C2)C(=O)OCc1ccc(NC(=O)[C@H](C)NC(=O)[C@@H](NC(=O)CN2C(=O)[C@@H](N3C(=O)C=CC3=O)C[C@H]2COCCS(=O)O)C(C)C)cc1CCC[C@H]1C[C@@H](O)C[C@@H](C(=O)O)O1. The number of carbonyl (C=O) groups excluding carboxylic acids is 8. The van der Waals surface area contributed by atoms with Crippen molar-refractivity contribution in [2.24, 2.45) is 22.2 Å². The van der Waals surface area contributed by atoms with Crippen molar-refractivity contribution in [2.45, 2.75) is 193 Å². The largest absolute Gasteiger partial charge is 0.496 e. The molecule has 0 radical (unpaired) electrons. The first-order valence-corrected chi connectivity index (χ1v) is 42.4. The van der Waals surface area contributed by atoms with Crippen LogP contribution in [0.15, 0.2) is 85.1 Å². The lowest BCUT2D eigenvalue weighted by Crippen LogP contribution is -2.64. The van der Waals surface area contributed by atoms with Gasteiger partial charge in [0.05, 0.1) is 86.1 Å². The first-order valence-electron chi connectivity index (χ1n) is 40.3. The minimum Gasteiger partial charge on any atom is -0.496 e. The van der Waals surface area contributed by atoms with Crippen LogP contribution in [0.4, 0.5) is 21.4 Å². The lowest BCUT2D eigenvalue weighted by Gasteiger charge is -2.69. The molecular formula is C84H104N12O21S2. The van der Waals surface area contributed by atoms with E-state index in [-0.39, 0.29) is 106 Å². The molecule has 35 heteroatoms. The zero-order valence-electron chi connectivity index (χ0n) is 68.0. The fourth-order valence-corrected chi connectivity index (χ4v) is 20.9. The van der Waals surface area contributed by atoms with Gasteiger partial charge in [0.25, 0.3) is 17.7 Å². The molecule has 6 aromatic rings. The second-order valence-corrected chi connectivity index (χ2v) is 35.8. The van der Waals surface area contributed by atoms with Crippen molar-refractivity contribution >= 4 is 109 Å². The summed E-state index contributed by atoms with van der Waals surface area (Å²) in [6, 6.07) is 15.3. The molecule has 4 bridgehead atoms. The number of hydrogen-bond donors (Lipinski definition) is 8. The number of likely N-dealkylation sites (tertiary alicyclic amines) is 1. The third-order valence-corrected chi connectivity index (χ3v) is 25.5. The van der Waals surface area contributed by atoms with E-state index in [2.05, 4.69) is 40.1 Å². The number of aryl methyl sites for hydroxylation is 1. The smallest absolute Gasteiger partial charge is 0.410 e. The van der Waals surface area contributed by atoms with Gasteiger partial charge in [-0.3, -0.25) is 48.5 Å². The second-order valence-electron chi connectivity index (χ2n) is 33.8. The number of aliphatic hydroxyl groups is 1. The van der Waals surface area contributed by atoms with Crippen molar-refractivity contribution in [2.75, 3.05) is 88.1 Å². The number of carboxylic acid groups (broad SMARTS) is 2. The van der Waals surface area contributed by atoms with Gasteiger partial charge in [0.2, 0.25) is 23.6 Å². The van der Waals surface area contributed by atoms with Gasteiger partial charge in [0, 0.05) is 98.5 Å². The second kappa shape index (κ2) is 36.4. The maximum absolute atomic E-state index is 14.5. The number of anilines is 3. The Kier molecular flexibility index (Phi) is 26.5. The lowest BCUT2D eigenvalue weighted by atomic mass is 9.39. The highest BCUT2D eigenvalue weighted by molar-refractivity contribution is 7.79. The van der Waals surface area contributed by atoms with Crippen LogP contribution in [-0.4, -0.2) is 239 Å². The molecule has 0 spiro atoms. The summed E-state index contributed by atoms with van der Waals surface area (Å²) in [4.78, 5) is 150. The van der Waals surface area contributed by atoms with Gasteiger partial charge in [0.1, 0.15) is 36.3 Å². The summed E-state index contributed by atoms with van der Waals surface area (Å²) < 4.78 is 59.4. The number of hydrogen-bond acceptors (Lipinski definition) is 23. The summed E-state index contributed by atoms with van der Waals surface area (Å²) in [5.41, 5.74) is 5.19. The molecule has 4 aliphatic carbocycles. The fraction of sp³-hybridized carbons (Fsp3) is 0.536. The number of aliphatic carboxylic acids is 1. The molecule has 6 fully saturated rings. The molecule has 4 aliphatic heterocycles. The Labute approximate surface area is 694 Å². The molecule has 8 amide bonds. The molecule has 3 aromatic heterocycles. The standard InChI is InChI=1S/C84H104N12O21S2/c1-48(2)71(90-68(98)38-94-54(40-114-30-31-119(110)111)33-63(76(94)104)96-69(99)22-23-70(96)100)75(103)86-49(3)73(101)87-53-17-16-52(51(32-53)12-11-13-56-34-55(97)35-65(117-56)77(105)106)39-115-80(109)92(26-28-112-7)27-29-116-84-44-81(5)41-82(6,45-84)43-83(42-81,46-84)47-95-50(4)60(36-85-95)58-19-21-67(89-72(58)78(107)108)93-25-24-57-61(37-93)59(18-20-64(57)113-8)74(102)91-79-88-62-14-9-10-15-66(62)118-79/h9-10,14-23,32,36,48-49,54-56,63,65,71,97H,11-13,24-31,33-35,37-47H2,1-8H3,(H,86,103)(H,87,101)(H,90,98)(H,105,106)(H,107,108)(H,110,111)(H,88,91,102)/t49-,54-,55+,56-,63-,65-,71-,81?,82?,83?,84?/m0/s1. The molecule has 33 nitrogen and oxygen atoms in total. The summed E-state index contributed by atoms with van der Waals surface area (Å²) in [7, 11) is 3.13. The van der Waals surface area contributed by atoms with E-state index in [1.165, 1.54) is 25.4 Å². The predicted octanol–water partition coefficient (Wildman–Crippen LogP) is 7.84. The number of imide groups is 1. The normalized spacial score (nSPS) is 24.5. The molecule has 8 aliphatic rings. The highest BCUT2D eigenvalue weighted by atomic mass is 32.2. The van der Waals surface area contributed by atoms with Crippen LogP contribution in [0.5, 0.6) is 5.75 Å². The molecule has 119 heavy (non-hydrogen) atoms. The molecule has 3 aromatic carbocycles. The summed E-state index contributed by atoms with van der Waals surface area (Å²) in [5.74, 6) is -6.67. The van der Waals surface area contributed by atoms with Crippen molar-refractivity contribution in [3.63, 3.8) is 0 Å². The summed E-state index contributed by atoms with van der Waals surface area (Å²) in [5, 5.41) is 47.9. The number of carbonyl (C=O) groups is 10. The number of para-hydroxylation sites is 1. The molecule has 4 saturated carbocycles. The van der Waals surface area contributed by atoms with E-state index in [4.69, 9.17) is 38.5 Å². The van der Waals surface area contributed by atoms with E-state index in [1.54, 1.807) is 68.5 Å². The van der Waals surface area contributed by atoms with Crippen LogP contribution in [0.25, 0.3) is 21.3 Å². The Hall–Kier alpha value is -10.1. The highest BCUT2D eigenvalue weighted by Gasteiger charge is 2.66. The fourth-order valence-electron chi connectivity index (χ4n) is 19.7. The van der Waals surface area contributed by atoms with Gasteiger partial charge in [-0.25, -0.2) is 28.6 Å². The number of aromatic nitrogens is 4. The van der Waals surface area contributed by atoms with Crippen LogP contribution in [0.1, 0.15) is 154 Å². The average Bonchev–Trinajstić information content (AvgIpc) is 0.848. The number of aromatic carboxylic acids is 1. The van der Waals surface area contributed by atoms with Crippen molar-refractivity contribution in [3.05, 3.63) is 124 Å². The Balaban J connectivity index is 0.650. The topological polar surface area (TPSA) is 429 Å². The number of nitrogens with one attached hydrogen (secondary N) is 4. The van der Waals surface area contributed by atoms with E-state index < -0.39 is 125 Å². The molecule has 3 unspecified atom stereocenters. The van der Waals surface area contributed by atoms with Gasteiger partial charge in [-0.1, -0.05) is 57.2 Å². The number of thiazole rings is 1. The third-order valence-electron chi connectivity index (χ3n) is 24.0. The van der Waals surface area contributed by atoms with Crippen molar-refractivity contribution < 1.29 is 100 Å². The average molecular weight is 1680 g/mol. The van der Waals surface area contributed by atoms with Gasteiger partial charge < -0.3 is 78.9 Å². The van der Waals surface area contributed by atoms with E-state index in [1.807, 2.05) is 46.8 Å². The van der Waals surface area contributed by atoms with Gasteiger partial charge >= 0.3 is 18.0 Å². The number of amides is 8. The van der Waals surface area contributed by atoms with E-state index in [0.717, 1.165) is 87.5 Å². The van der Waals surface area contributed by atoms with Crippen LogP contribution in [0.2, 0.25) is 0 Å². The highest BCUT2D eigenvalue weighted by Crippen LogP contribution is 2.72. The number of methoxy groups -OCH3 is 2. The number of ether oxygens (including phenoxy) is 6. The molecule has 638 valence electrons. The predicted molar refractivity (Wildman–Crippen MR) is 436 cm³/mol. The summed E-state index contributed by atoms with van der Waals surface area (Å²) in [6.07, 6.45) is 7.47. The van der Waals surface area contributed by atoms with Gasteiger partial charge in [-0.05, 0) is 172 Å². The summed E-state index contributed by atoms with van der Waals surface area (Å²) >= 11 is -0.784. The molecule has 2 saturated heterocycles. The number of rotatable bonds is 36. The monoisotopic (exact) mass is 1680 g/mol. The minimum absolute atomic E-state index is 0.0450. The minimum atomic E-state index is -2.17. The number of pyridine rings is 1. The number of carboxylic acids is 2. The zero-order valence-corrected chi connectivity index (χ0v) is 69.6. The Bertz CT molecular complexity index is 4880. The first kappa shape index (κ1) is 86.7. The van der Waals surface area contributed by atoms with E-state index >= 15 is 0 Å². The lowest BCUT2D eigenvalue weighted by molar-refractivity contribution is -0.248. The molecular weight excluding hydrogens is 1580 g/mol. The Morgan fingerprint density at radius 3 is 2.27 bits per heavy atom. The third kappa shape index (κ3) is 19.8. The first-order chi connectivity index (χ1) is 56.7. The number of aliphatic hydroxyl groups excluding tert-OH is 1. The van der Waals surface area contributed by atoms with Crippen molar-refractivity contribution in [1.82, 2.24) is 45.1 Å². The van der Waals surface area contributed by atoms with Crippen LogP contribution in [0.3, 0.4) is 0 Å². The molecule has 14 rings (SSSR count). The van der Waals surface area contributed by atoms with Crippen LogP contribution >= 0.6 is 11.3 Å². The Morgan fingerprint density at radius 2 is 1.56 bits per heavy atom. The van der Waals surface area contributed by atoms with Crippen molar-refractivity contribution in [3.8, 4) is 16.9 Å². The Morgan fingerprint density at radius 1 is 0.815 bits per heavy atom.